The Hall–Kier alpha value is -2.67. The van der Waals surface area contributed by atoms with Gasteiger partial charge in [-0.1, -0.05) is 18.2 Å². The van der Waals surface area contributed by atoms with Crippen molar-refractivity contribution in [2.75, 3.05) is 4.72 Å². The monoisotopic (exact) mass is 331 g/mol. The van der Waals surface area contributed by atoms with Crippen molar-refractivity contribution in [2.45, 2.75) is 18.7 Å². The molecule has 2 N–H and O–H groups in total. The number of sulfonamides is 1. The van der Waals surface area contributed by atoms with Crippen molar-refractivity contribution in [2.24, 2.45) is 5.10 Å². The number of anilines is 1. The highest BCUT2D eigenvalue weighted by molar-refractivity contribution is 7.92. The largest absolute Gasteiger partial charge is 0.280 e. The standard InChI is InChI=1S/C16H17N3O3S/c1-12(2)17-18-16(20)13-8-10-14(11-9-13)19-23(21,22)15-6-4-3-5-7-15/h3-11,19H,1-2H3,(H,18,20). The molecular weight excluding hydrogens is 314 g/mol. The van der Waals surface area contributed by atoms with Crippen molar-refractivity contribution in [3.05, 3.63) is 60.2 Å². The van der Waals surface area contributed by atoms with Crippen LogP contribution >= 0.6 is 0 Å². The van der Waals surface area contributed by atoms with Gasteiger partial charge in [-0.2, -0.15) is 5.10 Å². The van der Waals surface area contributed by atoms with Gasteiger partial charge in [0.1, 0.15) is 0 Å². The van der Waals surface area contributed by atoms with Gasteiger partial charge in [-0.05, 0) is 50.2 Å². The molecule has 0 saturated heterocycles. The van der Waals surface area contributed by atoms with Crippen LogP contribution in [0.3, 0.4) is 0 Å². The second-order valence-corrected chi connectivity index (χ2v) is 6.68. The van der Waals surface area contributed by atoms with E-state index < -0.39 is 10.0 Å². The number of hydrogen-bond donors (Lipinski definition) is 2. The molecule has 0 radical (unpaired) electrons. The van der Waals surface area contributed by atoms with Crippen LogP contribution in [-0.2, 0) is 10.0 Å². The molecule has 2 aromatic carbocycles. The van der Waals surface area contributed by atoms with Crippen molar-refractivity contribution < 1.29 is 13.2 Å². The Kier molecular flexibility index (Phi) is 5.13. The van der Waals surface area contributed by atoms with Crippen LogP contribution in [0, 0.1) is 0 Å². The zero-order valence-corrected chi connectivity index (χ0v) is 13.6. The molecule has 0 spiro atoms. The van der Waals surface area contributed by atoms with Crippen molar-refractivity contribution >= 4 is 27.3 Å². The lowest BCUT2D eigenvalue weighted by molar-refractivity contribution is 0.0955. The highest BCUT2D eigenvalue weighted by Crippen LogP contribution is 2.16. The van der Waals surface area contributed by atoms with Gasteiger partial charge in [-0.3, -0.25) is 9.52 Å². The number of nitrogens with one attached hydrogen (secondary N) is 2. The molecule has 0 saturated carbocycles. The van der Waals surface area contributed by atoms with Gasteiger partial charge in [0.15, 0.2) is 0 Å². The quantitative estimate of drug-likeness (QED) is 0.652. The normalized spacial score (nSPS) is 10.7. The Bertz CT molecular complexity index is 809. The van der Waals surface area contributed by atoms with Crippen molar-refractivity contribution in [3.63, 3.8) is 0 Å². The van der Waals surface area contributed by atoms with E-state index in [2.05, 4.69) is 15.2 Å². The molecule has 0 atom stereocenters. The zero-order valence-electron chi connectivity index (χ0n) is 12.8. The minimum absolute atomic E-state index is 0.176. The smallest absolute Gasteiger partial charge is 0.271 e. The summed E-state index contributed by atoms with van der Waals surface area (Å²) in [4.78, 5) is 12.0. The molecule has 0 unspecified atom stereocenters. The van der Waals surface area contributed by atoms with E-state index in [1.165, 1.54) is 36.4 Å². The minimum atomic E-state index is -3.64. The van der Waals surface area contributed by atoms with E-state index in [-0.39, 0.29) is 10.8 Å². The van der Waals surface area contributed by atoms with Crippen LogP contribution in [0.2, 0.25) is 0 Å². The van der Waals surface area contributed by atoms with Crippen LogP contribution in [0.5, 0.6) is 0 Å². The molecule has 6 nitrogen and oxygen atoms in total. The minimum Gasteiger partial charge on any atom is -0.280 e. The molecule has 0 bridgehead atoms. The molecule has 0 aliphatic rings. The Morgan fingerprint density at radius 2 is 1.57 bits per heavy atom. The van der Waals surface area contributed by atoms with Crippen LogP contribution < -0.4 is 10.1 Å². The second kappa shape index (κ2) is 7.06. The zero-order chi connectivity index (χ0) is 16.9. The van der Waals surface area contributed by atoms with Crippen molar-refractivity contribution in [1.29, 1.82) is 0 Å². The fraction of sp³-hybridized carbons (Fsp3) is 0.125. The van der Waals surface area contributed by atoms with Gasteiger partial charge in [0.05, 0.1) is 4.90 Å². The molecule has 0 fully saturated rings. The van der Waals surface area contributed by atoms with Crippen molar-refractivity contribution in [1.82, 2.24) is 5.43 Å². The van der Waals surface area contributed by atoms with E-state index in [4.69, 9.17) is 0 Å². The van der Waals surface area contributed by atoms with Gasteiger partial charge in [-0.25, -0.2) is 13.8 Å². The number of rotatable bonds is 5. The SMILES string of the molecule is CC(C)=NNC(=O)c1ccc(NS(=O)(=O)c2ccccc2)cc1. The topological polar surface area (TPSA) is 87.6 Å². The maximum Gasteiger partial charge on any atom is 0.271 e. The fourth-order valence-corrected chi connectivity index (χ4v) is 2.81. The third kappa shape index (κ3) is 4.65. The average molecular weight is 331 g/mol. The molecule has 1 amide bonds. The van der Waals surface area contributed by atoms with E-state index in [1.807, 2.05) is 0 Å². The van der Waals surface area contributed by atoms with E-state index in [0.717, 1.165) is 5.71 Å². The maximum absolute atomic E-state index is 12.2. The van der Waals surface area contributed by atoms with Crippen molar-refractivity contribution in [3.8, 4) is 0 Å². The van der Waals surface area contributed by atoms with E-state index in [0.29, 0.717) is 11.3 Å². The van der Waals surface area contributed by atoms with Gasteiger partial charge in [0, 0.05) is 17.0 Å². The molecule has 2 rings (SSSR count). The molecule has 2 aromatic rings. The fourth-order valence-electron chi connectivity index (χ4n) is 1.73. The third-order valence-corrected chi connectivity index (χ3v) is 4.23. The van der Waals surface area contributed by atoms with Crippen LogP contribution in [-0.4, -0.2) is 20.0 Å². The summed E-state index contributed by atoms with van der Waals surface area (Å²) in [6, 6.07) is 14.2. The molecule has 0 aliphatic heterocycles. The number of nitrogens with zero attached hydrogens (tertiary/aromatic N) is 1. The lowest BCUT2D eigenvalue weighted by Gasteiger charge is -2.08. The summed E-state index contributed by atoms with van der Waals surface area (Å²) >= 11 is 0. The summed E-state index contributed by atoms with van der Waals surface area (Å²) in [5.74, 6) is -0.358. The lowest BCUT2D eigenvalue weighted by Crippen LogP contribution is -2.18. The van der Waals surface area contributed by atoms with Gasteiger partial charge >= 0.3 is 0 Å². The van der Waals surface area contributed by atoms with E-state index >= 15 is 0 Å². The number of carbonyl (C=O) groups is 1. The van der Waals surface area contributed by atoms with Gasteiger partial charge in [-0.15, -0.1) is 0 Å². The third-order valence-electron chi connectivity index (χ3n) is 2.83. The predicted molar refractivity (Wildman–Crippen MR) is 89.9 cm³/mol. The lowest BCUT2D eigenvalue weighted by atomic mass is 10.2. The van der Waals surface area contributed by atoms with E-state index in [9.17, 15) is 13.2 Å². The van der Waals surface area contributed by atoms with E-state index in [1.54, 1.807) is 32.0 Å². The Morgan fingerprint density at radius 3 is 2.13 bits per heavy atom. The number of carbonyl (C=O) groups excluding carboxylic acids is 1. The average Bonchev–Trinajstić information content (AvgIpc) is 2.54. The maximum atomic E-state index is 12.2. The van der Waals surface area contributed by atoms with Crippen LogP contribution in [0.15, 0.2) is 64.6 Å². The molecule has 0 heterocycles. The Balaban J connectivity index is 2.11. The molecular formula is C16H17N3O3S. The first kappa shape index (κ1) is 16.7. The highest BCUT2D eigenvalue weighted by atomic mass is 32.2. The number of amides is 1. The summed E-state index contributed by atoms with van der Waals surface area (Å²) in [5, 5.41) is 3.83. The van der Waals surface area contributed by atoms with Gasteiger partial charge in [0.25, 0.3) is 15.9 Å². The van der Waals surface area contributed by atoms with Crippen LogP contribution in [0.1, 0.15) is 24.2 Å². The Labute approximate surface area is 135 Å². The molecule has 7 heteroatoms. The summed E-state index contributed by atoms with van der Waals surface area (Å²) in [5.41, 5.74) is 3.89. The number of hydrazone groups is 1. The number of benzene rings is 2. The molecule has 0 aliphatic carbocycles. The Morgan fingerprint density at radius 1 is 0.957 bits per heavy atom. The second-order valence-electron chi connectivity index (χ2n) is 5.00. The van der Waals surface area contributed by atoms with Gasteiger partial charge in [0.2, 0.25) is 0 Å². The molecule has 120 valence electrons. The molecule has 23 heavy (non-hydrogen) atoms. The van der Waals surface area contributed by atoms with Gasteiger partial charge < -0.3 is 0 Å². The first-order valence-electron chi connectivity index (χ1n) is 6.87. The first-order chi connectivity index (χ1) is 10.9. The van der Waals surface area contributed by atoms with Crippen LogP contribution in [0.25, 0.3) is 0 Å². The summed E-state index contributed by atoms with van der Waals surface area (Å²) in [6.45, 7) is 3.53. The first-order valence-corrected chi connectivity index (χ1v) is 8.36. The van der Waals surface area contributed by atoms with Crippen LogP contribution in [0.4, 0.5) is 5.69 Å². The molecule has 0 aromatic heterocycles. The summed E-state index contributed by atoms with van der Waals surface area (Å²) in [7, 11) is -3.64. The highest BCUT2D eigenvalue weighted by Gasteiger charge is 2.13. The number of hydrogen-bond acceptors (Lipinski definition) is 4. The predicted octanol–water partition coefficient (Wildman–Crippen LogP) is 2.61. The summed E-state index contributed by atoms with van der Waals surface area (Å²) in [6.07, 6.45) is 0. The summed E-state index contributed by atoms with van der Waals surface area (Å²) < 4.78 is 26.8.